The number of hydrogen-bond acceptors (Lipinski definition) is 4. The molecule has 5 rings (SSSR count). The quantitative estimate of drug-likeness (QED) is 0.770. The van der Waals surface area contributed by atoms with Gasteiger partial charge in [0.15, 0.2) is 5.82 Å². The van der Waals surface area contributed by atoms with Crippen molar-refractivity contribution in [3.05, 3.63) is 24.0 Å². The van der Waals surface area contributed by atoms with Crippen molar-refractivity contribution in [2.75, 3.05) is 12.4 Å². The zero-order chi connectivity index (χ0) is 22.0. The van der Waals surface area contributed by atoms with E-state index in [1.807, 2.05) is 18.9 Å². The standard InChI is InChI=1S/C25H35N3O3/c1-15-13-21(27-31-15)26-22(29)14-16-5-7-18-17-6-8-20-25(3,12-10-23(30)28(20)4)19(17)9-11-24(16,18)2/h10,12-13,16-20H,5-9,11,14H2,1-4H3,(H,26,27,29)/t16-,17+,18+,19+,20-,24-,25-/m1/s1. The van der Waals surface area contributed by atoms with E-state index in [4.69, 9.17) is 4.52 Å². The molecule has 7 atom stereocenters. The molecule has 1 N–H and O–H groups in total. The van der Waals surface area contributed by atoms with E-state index in [1.165, 1.54) is 25.7 Å². The maximum absolute atomic E-state index is 12.7. The van der Waals surface area contributed by atoms with Crippen LogP contribution in [-0.2, 0) is 9.59 Å². The molecule has 0 unspecified atom stereocenters. The lowest BCUT2D eigenvalue weighted by atomic mass is 9.47. The lowest BCUT2D eigenvalue weighted by Gasteiger charge is -2.60. The number of likely N-dealkylation sites (N-methyl/N-ethyl adjacent to an activating group) is 1. The average molecular weight is 426 g/mol. The van der Waals surface area contributed by atoms with Gasteiger partial charge in [-0.05, 0) is 80.6 Å². The minimum atomic E-state index is 0.0494. The number of carbonyl (C=O) groups excluding carboxylic acids is 2. The summed E-state index contributed by atoms with van der Waals surface area (Å²) in [6.07, 6.45) is 11.6. The number of rotatable bonds is 3. The van der Waals surface area contributed by atoms with Crippen molar-refractivity contribution in [2.45, 2.75) is 71.8 Å². The Labute approximate surface area is 184 Å². The fourth-order valence-electron chi connectivity index (χ4n) is 8.03. The zero-order valence-corrected chi connectivity index (χ0v) is 19.2. The lowest BCUT2D eigenvalue weighted by molar-refractivity contribution is -0.139. The van der Waals surface area contributed by atoms with Crippen LogP contribution in [0.25, 0.3) is 0 Å². The Bertz CT molecular complexity index is 923. The Morgan fingerprint density at radius 3 is 2.77 bits per heavy atom. The van der Waals surface area contributed by atoms with E-state index in [2.05, 4.69) is 30.4 Å². The molecule has 168 valence electrons. The third-order valence-electron chi connectivity index (χ3n) is 9.65. The maximum atomic E-state index is 12.7. The van der Waals surface area contributed by atoms with Crippen molar-refractivity contribution < 1.29 is 14.1 Å². The molecule has 6 nitrogen and oxygen atoms in total. The molecule has 1 aliphatic heterocycles. The van der Waals surface area contributed by atoms with Gasteiger partial charge in [-0.25, -0.2) is 0 Å². The summed E-state index contributed by atoms with van der Waals surface area (Å²) in [4.78, 5) is 27.0. The molecule has 0 saturated heterocycles. The Morgan fingerprint density at radius 2 is 2.03 bits per heavy atom. The Kier molecular flexibility index (Phi) is 4.83. The second-order valence-electron chi connectivity index (χ2n) is 11.0. The minimum absolute atomic E-state index is 0.0494. The molecule has 3 aliphatic carbocycles. The highest BCUT2D eigenvalue weighted by atomic mass is 16.5. The molecule has 0 radical (unpaired) electrons. The molecule has 1 aromatic heterocycles. The first-order valence-electron chi connectivity index (χ1n) is 11.9. The SMILES string of the molecule is Cc1cc(NC(=O)C[C@H]2CC[C@H]3[C@@H]4CC[C@H]5N(C)C(=O)C=C[C@]5(C)[C@H]4CC[C@]23C)no1. The van der Waals surface area contributed by atoms with Crippen LogP contribution in [0.2, 0.25) is 0 Å². The molecule has 2 amide bonds. The Balaban J connectivity index is 1.32. The molecule has 4 aliphatic rings. The predicted molar refractivity (Wildman–Crippen MR) is 118 cm³/mol. The lowest BCUT2D eigenvalue weighted by Crippen LogP contribution is -2.59. The summed E-state index contributed by atoms with van der Waals surface area (Å²) in [5.74, 6) is 3.83. The highest BCUT2D eigenvalue weighted by Gasteiger charge is 2.60. The minimum Gasteiger partial charge on any atom is -0.360 e. The maximum Gasteiger partial charge on any atom is 0.246 e. The van der Waals surface area contributed by atoms with Gasteiger partial charge in [0.2, 0.25) is 11.8 Å². The fourth-order valence-corrected chi connectivity index (χ4v) is 8.03. The van der Waals surface area contributed by atoms with E-state index in [9.17, 15) is 9.59 Å². The van der Waals surface area contributed by atoms with Crippen LogP contribution < -0.4 is 5.32 Å². The van der Waals surface area contributed by atoms with Gasteiger partial charge in [-0.2, -0.15) is 0 Å². The molecule has 1 aromatic rings. The van der Waals surface area contributed by atoms with Crippen LogP contribution in [0.15, 0.2) is 22.7 Å². The number of fused-ring (bicyclic) bond motifs is 5. The van der Waals surface area contributed by atoms with Gasteiger partial charge >= 0.3 is 0 Å². The van der Waals surface area contributed by atoms with E-state index in [0.717, 1.165) is 12.8 Å². The number of carbonyl (C=O) groups is 2. The number of aryl methyl sites for hydroxylation is 1. The van der Waals surface area contributed by atoms with Crippen molar-refractivity contribution in [3.8, 4) is 0 Å². The van der Waals surface area contributed by atoms with Gasteiger partial charge < -0.3 is 14.7 Å². The number of anilines is 1. The summed E-state index contributed by atoms with van der Waals surface area (Å²) in [7, 11) is 1.97. The highest BCUT2D eigenvalue weighted by Crippen LogP contribution is 2.65. The summed E-state index contributed by atoms with van der Waals surface area (Å²) in [5.41, 5.74) is 0.300. The smallest absolute Gasteiger partial charge is 0.246 e. The first-order valence-corrected chi connectivity index (χ1v) is 11.9. The summed E-state index contributed by atoms with van der Waals surface area (Å²) in [5, 5.41) is 6.82. The van der Waals surface area contributed by atoms with Crippen molar-refractivity contribution in [1.82, 2.24) is 10.1 Å². The molecule has 31 heavy (non-hydrogen) atoms. The third kappa shape index (κ3) is 3.16. The zero-order valence-electron chi connectivity index (χ0n) is 19.2. The monoisotopic (exact) mass is 425 g/mol. The van der Waals surface area contributed by atoms with Crippen LogP contribution in [0, 0.1) is 41.4 Å². The van der Waals surface area contributed by atoms with Crippen LogP contribution in [0.3, 0.4) is 0 Å². The van der Waals surface area contributed by atoms with Crippen LogP contribution in [-0.4, -0.2) is 35.0 Å². The normalized spacial score (nSPS) is 41.5. The first kappa shape index (κ1) is 20.8. The van der Waals surface area contributed by atoms with E-state index < -0.39 is 0 Å². The van der Waals surface area contributed by atoms with Crippen molar-refractivity contribution in [3.63, 3.8) is 0 Å². The van der Waals surface area contributed by atoms with E-state index in [0.29, 0.717) is 47.7 Å². The van der Waals surface area contributed by atoms with Crippen LogP contribution >= 0.6 is 0 Å². The van der Waals surface area contributed by atoms with Gasteiger partial charge in [-0.3, -0.25) is 9.59 Å². The summed E-state index contributed by atoms with van der Waals surface area (Å²) in [6.45, 7) is 6.66. The molecule has 3 fully saturated rings. The van der Waals surface area contributed by atoms with Crippen molar-refractivity contribution in [1.29, 1.82) is 0 Å². The number of amides is 2. The number of nitrogens with zero attached hydrogens (tertiary/aromatic N) is 2. The summed E-state index contributed by atoms with van der Waals surface area (Å²) >= 11 is 0. The van der Waals surface area contributed by atoms with Crippen molar-refractivity contribution >= 4 is 17.6 Å². The van der Waals surface area contributed by atoms with E-state index in [-0.39, 0.29) is 22.6 Å². The van der Waals surface area contributed by atoms with Crippen LogP contribution in [0.4, 0.5) is 5.82 Å². The molecule has 0 spiro atoms. The second kappa shape index (κ2) is 7.21. The van der Waals surface area contributed by atoms with Gasteiger partial charge in [0, 0.05) is 31.0 Å². The number of aromatic nitrogens is 1. The van der Waals surface area contributed by atoms with Crippen molar-refractivity contribution in [2.24, 2.45) is 34.5 Å². The first-order chi connectivity index (χ1) is 14.7. The molecular weight excluding hydrogens is 390 g/mol. The Morgan fingerprint density at radius 1 is 1.23 bits per heavy atom. The highest BCUT2D eigenvalue weighted by molar-refractivity contribution is 5.90. The molecule has 0 aromatic carbocycles. The summed E-state index contributed by atoms with van der Waals surface area (Å²) < 4.78 is 5.07. The molecule has 2 heterocycles. The molecule has 0 bridgehead atoms. The summed E-state index contributed by atoms with van der Waals surface area (Å²) in [6, 6.07) is 2.09. The molecule has 6 heteroatoms. The number of hydrogen-bond donors (Lipinski definition) is 1. The van der Waals surface area contributed by atoms with Gasteiger partial charge in [0.1, 0.15) is 5.76 Å². The van der Waals surface area contributed by atoms with Gasteiger partial charge in [0.05, 0.1) is 0 Å². The fraction of sp³-hybridized carbons (Fsp3) is 0.720. The second-order valence-corrected chi connectivity index (χ2v) is 11.0. The van der Waals surface area contributed by atoms with Crippen LogP contribution in [0.1, 0.15) is 64.6 Å². The molecular formula is C25H35N3O3. The van der Waals surface area contributed by atoms with E-state index >= 15 is 0 Å². The van der Waals surface area contributed by atoms with Crippen LogP contribution in [0.5, 0.6) is 0 Å². The average Bonchev–Trinajstić information content (AvgIpc) is 3.28. The number of nitrogens with one attached hydrogen (secondary N) is 1. The largest absolute Gasteiger partial charge is 0.360 e. The van der Waals surface area contributed by atoms with Gasteiger partial charge in [-0.1, -0.05) is 25.1 Å². The predicted octanol–water partition coefficient (Wildman–Crippen LogP) is 4.57. The van der Waals surface area contributed by atoms with Gasteiger partial charge in [0.25, 0.3) is 0 Å². The topological polar surface area (TPSA) is 75.4 Å². The Hall–Kier alpha value is -2.11. The van der Waals surface area contributed by atoms with Gasteiger partial charge in [-0.15, -0.1) is 0 Å². The molecule has 3 saturated carbocycles. The third-order valence-corrected chi connectivity index (χ3v) is 9.65. The van der Waals surface area contributed by atoms with E-state index in [1.54, 1.807) is 12.1 Å².